The van der Waals surface area contributed by atoms with Gasteiger partial charge >= 0.3 is 0 Å². The van der Waals surface area contributed by atoms with Gasteiger partial charge in [0, 0.05) is 0 Å². The fraction of sp³-hybridized carbons (Fsp3) is 0.750. The maximum absolute atomic E-state index is 9.39. The van der Waals surface area contributed by atoms with Crippen molar-refractivity contribution in [3.63, 3.8) is 0 Å². The normalized spacial score (nSPS) is 13.4. The summed E-state index contributed by atoms with van der Waals surface area (Å²) < 4.78 is 33.8. The molecule has 1 aromatic rings. The van der Waals surface area contributed by atoms with Gasteiger partial charge in [0.05, 0.1) is 72.7 Å². The van der Waals surface area contributed by atoms with E-state index >= 15 is 0 Å². The van der Waals surface area contributed by atoms with Crippen molar-refractivity contribution in [3.05, 3.63) is 35.9 Å². The second kappa shape index (κ2) is 16.7. The van der Waals surface area contributed by atoms with Crippen LogP contribution in [-0.4, -0.2) is 85.6 Å². The smallest absolute Gasteiger partial charge is 0.192 e. The summed E-state index contributed by atoms with van der Waals surface area (Å²) >= 11 is 0. The minimum Gasteiger partial charge on any atom is -0.414 e. The number of benzene rings is 1. The molecule has 0 radical (unpaired) electrons. The first-order valence-electron chi connectivity index (χ1n) is 11.5. The van der Waals surface area contributed by atoms with E-state index in [4.69, 9.17) is 28.1 Å². The molecule has 0 bridgehead atoms. The molecule has 0 unspecified atom stereocenters. The topological polar surface area (TPSA) is 75.6 Å². The van der Waals surface area contributed by atoms with Crippen LogP contribution < -0.4 is 0 Å². The van der Waals surface area contributed by atoms with E-state index in [2.05, 4.69) is 33.9 Å². The molecule has 0 amide bonds. The molecule has 1 N–H and O–H groups in total. The summed E-state index contributed by atoms with van der Waals surface area (Å²) in [7, 11) is -1.69. The molecule has 0 saturated carbocycles. The molecule has 0 aliphatic carbocycles. The maximum Gasteiger partial charge on any atom is 0.192 e. The molecule has 0 saturated heterocycles. The standard InChI is InChI=1S/C24H44O7Si/c1-24(2,3)32(4,5)31-18-16-28-14-12-26-11-13-27-15-17-30-23(19-25)21-29-20-22-9-7-6-8-10-22/h6-10,23,25H,11-21H2,1-5H3/t23-/m1/s1. The van der Waals surface area contributed by atoms with Gasteiger partial charge in [0.25, 0.3) is 0 Å². The van der Waals surface area contributed by atoms with Crippen molar-refractivity contribution in [3.8, 4) is 0 Å². The number of hydrogen-bond acceptors (Lipinski definition) is 7. The van der Waals surface area contributed by atoms with Crippen LogP contribution >= 0.6 is 0 Å². The van der Waals surface area contributed by atoms with E-state index in [0.29, 0.717) is 66.1 Å². The van der Waals surface area contributed by atoms with E-state index in [1.165, 1.54) is 0 Å². The quantitative estimate of drug-likeness (QED) is 0.243. The lowest BCUT2D eigenvalue weighted by atomic mass is 10.2. The zero-order valence-corrected chi connectivity index (χ0v) is 21.6. The molecule has 7 nitrogen and oxygen atoms in total. The molecule has 0 fully saturated rings. The molecule has 186 valence electrons. The summed E-state index contributed by atoms with van der Waals surface area (Å²) in [5.41, 5.74) is 1.09. The summed E-state index contributed by atoms with van der Waals surface area (Å²) in [4.78, 5) is 0. The van der Waals surface area contributed by atoms with Gasteiger partial charge in [-0.2, -0.15) is 0 Å². The average Bonchev–Trinajstić information content (AvgIpc) is 2.75. The third-order valence-corrected chi connectivity index (χ3v) is 9.98. The first kappa shape index (κ1) is 29.2. The van der Waals surface area contributed by atoms with E-state index in [-0.39, 0.29) is 17.7 Å². The molecular formula is C24H44O7Si. The number of ether oxygens (including phenoxy) is 5. The highest BCUT2D eigenvalue weighted by molar-refractivity contribution is 6.74. The second-order valence-corrected chi connectivity index (χ2v) is 13.9. The van der Waals surface area contributed by atoms with Crippen LogP contribution in [0.1, 0.15) is 26.3 Å². The lowest BCUT2D eigenvalue weighted by Crippen LogP contribution is -2.41. The molecule has 0 heterocycles. The first-order valence-corrected chi connectivity index (χ1v) is 14.4. The third kappa shape index (κ3) is 13.6. The fourth-order valence-electron chi connectivity index (χ4n) is 2.42. The number of hydrogen-bond donors (Lipinski definition) is 1. The van der Waals surface area contributed by atoms with Gasteiger partial charge in [-0.15, -0.1) is 0 Å². The van der Waals surface area contributed by atoms with E-state index in [0.717, 1.165) is 5.56 Å². The predicted octanol–water partition coefficient (Wildman–Crippen LogP) is 3.65. The van der Waals surface area contributed by atoms with Crippen molar-refractivity contribution in [2.45, 2.75) is 51.6 Å². The van der Waals surface area contributed by atoms with Gasteiger partial charge in [-0.25, -0.2) is 0 Å². The van der Waals surface area contributed by atoms with Gasteiger partial charge in [-0.05, 0) is 23.7 Å². The number of rotatable bonds is 19. The minimum atomic E-state index is -1.69. The highest BCUT2D eigenvalue weighted by atomic mass is 28.4. The molecular weight excluding hydrogens is 428 g/mol. The Morgan fingerprint density at radius 2 is 1.31 bits per heavy atom. The Kier molecular flexibility index (Phi) is 15.3. The molecule has 1 rings (SSSR count). The van der Waals surface area contributed by atoms with Crippen LogP contribution in [0.5, 0.6) is 0 Å². The SMILES string of the molecule is CC(C)(C)[Si](C)(C)OCCOCCOCCOCCO[C@H](CO)COCc1ccccc1. The first-order chi connectivity index (χ1) is 15.3. The fourth-order valence-corrected chi connectivity index (χ4v) is 3.45. The van der Waals surface area contributed by atoms with Gasteiger partial charge in [0.2, 0.25) is 0 Å². The Bertz CT molecular complexity index is 563. The third-order valence-electron chi connectivity index (χ3n) is 5.44. The molecule has 0 aliphatic heterocycles. The highest BCUT2D eigenvalue weighted by Gasteiger charge is 2.36. The molecule has 0 spiro atoms. The van der Waals surface area contributed by atoms with Crippen LogP contribution in [0.2, 0.25) is 18.1 Å². The van der Waals surface area contributed by atoms with Crippen LogP contribution in [0.15, 0.2) is 30.3 Å². The maximum atomic E-state index is 9.39. The van der Waals surface area contributed by atoms with Gasteiger partial charge in [-0.1, -0.05) is 51.1 Å². The van der Waals surface area contributed by atoms with Gasteiger partial charge in [0.1, 0.15) is 6.10 Å². The summed E-state index contributed by atoms with van der Waals surface area (Å²) in [6.07, 6.45) is -0.351. The van der Waals surface area contributed by atoms with Crippen LogP contribution in [0.4, 0.5) is 0 Å². The Labute approximate surface area is 195 Å². The Morgan fingerprint density at radius 3 is 1.84 bits per heavy atom. The van der Waals surface area contributed by atoms with Crippen molar-refractivity contribution in [1.82, 2.24) is 0 Å². The number of aliphatic hydroxyl groups is 1. The van der Waals surface area contributed by atoms with Crippen LogP contribution in [0.25, 0.3) is 0 Å². The largest absolute Gasteiger partial charge is 0.414 e. The Morgan fingerprint density at radius 1 is 0.781 bits per heavy atom. The Balaban J connectivity index is 1.88. The van der Waals surface area contributed by atoms with E-state index < -0.39 is 8.32 Å². The predicted molar refractivity (Wildman–Crippen MR) is 129 cm³/mol. The van der Waals surface area contributed by atoms with Gasteiger partial charge < -0.3 is 33.2 Å². The Hall–Kier alpha value is -0.843. The van der Waals surface area contributed by atoms with Crippen LogP contribution in [0, 0.1) is 0 Å². The lowest BCUT2D eigenvalue weighted by Gasteiger charge is -2.36. The van der Waals surface area contributed by atoms with E-state index in [9.17, 15) is 5.11 Å². The lowest BCUT2D eigenvalue weighted by molar-refractivity contribution is -0.0663. The molecule has 32 heavy (non-hydrogen) atoms. The molecule has 1 aromatic carbocycles. The zero-order chi connectivity index (χ0) is 23.7. The monoisotopic (exact) mass is 472 g/mol. The molecule has 0 aromatic heterocycles. The van der Waals surface area contributed by atoms with Crippen molar-refractivity contribution < 1.29 is 33.2 Å². The molecule has 1 atom stereocenters. The summed E-state index contributed by atoms with van der Waals surface area (Å²) in [5, 5.41) is 9.61. The average molecular weight is 473 g/mol. The molecule has 0 aliphatic rings. The summed E-state index contributed by atoms with van der Waals surface area (Å²) in [5.74, 6) is 0. The van der Waals surface area contributed by atoms with Gasteiger partial charge in [0.15, 0.2) is 8.32 Å². The van der Waals surface area contributed by atoms with E-state index in [1.54, 1.807) is 0 Å². The minimum absolute atomic E-state index is 0.0845. The summed E-state index contributed by atoms with van der Waals surface area (Å²) in [6, 6.07) is 9.91. The van der Waals surface area contributed by atoms with Gasteiger partial charge in [-0.3, -0.25) is 0 Å². The van der Waals surface area contributed by atoms with Crippen molar-refractivity contribution in [2.24, 2.45) is 0 Å². The van der Waals surface area contributed by atoms with Crippen molar-refractivity contribution in [2.75, 3.05) is 66.1 Å². The van der Waals surface area contributed by atoms with Crippen LogP contribution in [-0.2, 0) is 34.7 Å². The van der Waals surface area contributed by atoms with Crippen molar-refractivity contribution >= 4 is 8.32 Å². The van der Waals surface area contributed by atoms with Crippen molar-refractivity contribution in [1.29, 1.82) is 0 Å². The second-order valence-electron chi connectivity index (χ2n) is 9.12. The number of aliphatic hydroxyl groups excluding tert-OH is 1. The van der Waals surface area contributed by atoms with Crippen LogP contribution in [0.3, 0.4) is 0 Å². The molecule has 8 heteroatoms. The zero-order valence-electron chi connectivity index (χ0n) is 20.6. The highest BCUT2D eigenvalue weighted by Crippen LogP contribution is 2.36. The van der Waals surface area contributed by atoms with E-state index in [1.807, 2.05) is 30.3 Å². The summed E-state index contributed by atoms with van der Waals surface area (Å²) in [6.45, 7) is 16.1.